The highest BCUT2D eigenvalue weighted by Gasteiger charge is 2.41. The number of halogens is 1. The van der Waals surface area contributed by atoms with Gasteiger partial charge in [0.2, 0.25) is 5.91 Å². The molecule has 23 heavy (non-hydrogen) atoms. The maximum absolute atomic E-state index is 12.7. The van der Waals surface area contributed by atoms with Gasteiger partial charge in [-0.3, -0.25) is 14.5 Å². The Labute approximate surface area is 140 Å². The Bertz CT molecular complexity index is 716. The van der Waals surface area contributed by atoms with E-state index in [0.717, 1.165) is 5.56 Å². The molecule has 0 aromatic heterocycles. The highest BCUT2D eigenvalue weighted by Crippen LogP contribution is 2.26. The third-order valence-electron chi connectivity index (χ3n) is 4.01. The summed E-state index contributed by atoms with van der Waals surface area (Å²) in [5, 5.41) is 0.575. The van der Waals surface area contributed by atoms with Crippen molar-refractivity contribution in [2.24, 2.45) is 0 Å². The normalized spacial score (nSPS) is 18.0. The summed E-state index contributed by atoms with van der Waals surface area (Å²) in [6.45, 7) is 0.624. The molecule has 1 fully saturated rings. The van der Waals surface area contributed by atoms with E-state index in [1.807, 2.05) is 42.3 Å². The molecule has 1 unspecified atom stereocenters. The van der Waals surface area contributed by atoms with Crippen LogP contribution in [-0.4, -0.2) is 29.8 Å². The number of hydrogen-bond donors (Lipinski definition) is 0. The predicted molar refractivity (Wildman–Crippen MR) is 90.3 cm³/mol. The highest BCUT2D eigenvalue weighted by molar-refractivity contribution is 6.30. The van der Waals surface area contributed by atoms with E-state index >= 15 is 0 Å². The molecule has 1 atom stereocenters. The Balaban J connectivity index is 1.76. The maximum atomic E-state index is 12.7. The van der Waals surface area contributed by atoms with Crippen molar-refractivity contribution in [2.45, 2.75) is 19.0 Å². The van der Waals surface area contributed by atoms with Gasteiger partial charge in [-0.15, -0.1) is 0 Å². The largest absolute Gasteiger partial charge is 0.290 e. The van der Waals surface area contributed by atoms with Crippen LogP contribution >= 0.6 is 11.6 Å². The average molecular weight is 329 g/mol. The molecule has 118 valence electrons. The van der Waals surface area contributed by atoms with E-state index < -0.39 is 6.04 Å². The monoisotopic (exact) mass is 328 g/mol. The topological polar surface area (TPSA) is 40.6 Å². The highest BCUT2D eigenvalue weighted by atomic mass is 35.5. The van der Waals surface area contributed by atoms with Crippen molar-refractivity contribution in [1.29, 1.82) is 0 Å². The molecule has 1 aliphatic rings. The molecule has 0 saturated carbocycles. The number of carbonyl (C=O) groups excluding carboxylic acids is 2. The number of benzene rings is 2. The van der Waals surface area contributed by atoms with Crippen molar-refractivity contribution in [3.05, 3.63) is 65.2 Å². The zero-order chi connectivity index (χ0) is 16.4. The Hall–Kier alpha value is -2.17. The third-order valence-corrected chi connectivity index (χ3v) is 4.27. The second-order valence-electron chi connectivity index (χ2n) is 5.66. The maximum Gasteiger partial charge on any atom is 0.251 e. The van der Waals surface area contributed by atoms with Crippen LogP contribution in [0.2, 0.25) is 5.02 Å². The van der Waals surface area contributed by atoms with Gasteiger partial charge in [0, 0.05) is 11.6 Å². The average Bonchev–Trinajstić information content (AvgIpc) is 2.84. The Morgan fingerprint density at radius 1 is 1.09 bits per heavy atom. The molecule has 0 aliphatic carbocycles. The smallest absolute Gasteiger partial charge is 0.251 e. The van der Waals surface area contributed by atoms with Gasteiger partial charge in [-0.2, -0.15) is 0 Å². The predicted octanol–water partition coefficient (Wildman–Crippen LogP) is 3.10. The standard InChI is InChI=1S/C18H17ClN2O2/c1-20(12-13-5-3-2-4-6-13)16-11-17(22)21(18(16)23)15-9-7-14(19)8-10-15/h2-10,16H,11-12H2,1H3. The van der Waals surface area contributed by atoms with Crippen LogP contribution in [0.3, 0.4) is 0 Å². The van der Waals surface area contributed by atoms with Crippen molar-refractivity contribution < 1.29 is 9.59 Å². The van der Waals surface area contributed by atoms with Gasteiger partial charge in [0.25, 0.3) is 5.91 Å². The van der Waals surface area contributed by atoms with E-state index in [4.69, 9.17) is 11.6 Å². The molecule has 4 nitrogen and oxygen atoms in total. The van der Waals surface area contributed by atoms with Gasteiger partial charge in [-0.05, 0) is 36.9 Å². The van der Waals surface area contributed by atoms with Crippen LogP contribution in [0.15, 0.2) is 54.6 Å². The first-order chi connectivity index (χ1) is 11.1. The van der Waals surface area contributed by atoms with Crippen molar-refractivity contribution in [3.63, 3.8) is 0 Å². The van der Waals surface area contributed by atoms with Gasteiger partial charge in [0.05, 0.1) is 18.2 Å². The number of anilines is 1. The summed E-state index contributed by atoms with van der Waals surface area (Å²) >= 11 is 5.86. The molecule has 1 saturated heterocycles. The Morgan fingerprint density at radius 2 is 1.74 bits per heavy atom. The molecule has 0 bridgehead atoms. The fraction of sp³-hybridized carbons (Fsp3) is 0.222. The molecule has 1 aliphatic heterocycles. The van der Waals surface area contributed by atoms with Crippen LogP contribution in [0.1, 0.15) is 12.0 Å². The molecule has 0 spiro atoms. The number of carbonyl (C=O) groups is 2. The molecule has 5 heteroatoms. The van der Waals surface area contributed by atoms with Crippen LogP contribution in [-0.2, 0) is 16.1 Å². The molecule has 0 N–H and O–H groups in total. The van der Waals surface area contributed by atoms with E-state index in [2.05, 4.69) is 0 Å². The lowest BCUT2D eigenvalue weighted by atomic mass is 10.1. The summed E-state index contributed by atoms with van der Waals surface area (Å²) in [6.07, 6.45) is 0.199. The van der Waals surface area contributed by atoms with Gasteiger partial charge in [-0.25, -0.2) is 4.90 Å². The molecule has 0 radical (unpaired) electrons. The van der Waals surface area contributed by atoms with Gasteiger partial charge < -0.3 is 0 Å². The van der Waals surface area contributed by atoms with Gasteiger partial charge >= 0.3 is 0 Å². The molecule has 1 heterocycles. The van der Waals surface area contributed by atoms with Crippen molar-refractivity contribution in [2.75, 3.05) is 11.9 Å². The van der Waals surface area contributed by atoms with E-state index in [0.29, 0.717) is 17.3 Å². The van der Waals surface area contributed by atoms with E-state index in [1.165, 1.54) is 4.90 Å². The molecular weight excluding hydrogens is 312 g/mol. The third kappa shape index (κ3) is 3.28. The Morgan fingerprint density at radius 3 is 2.39 bits per heavy atom. The van der Waals surface area contributed by atoms with Crippen molar-refractivity contribution in [1.82, 2.24) is 4.90 Å². The molecule has 2 aromatic rings. The number of hydrogen-bond acceptors (Lipinski definition) is 3. The second-order valence-corrected chi connectivity index (χ2v) is 6.10. The lowest BCUT2D eigenvalue weighted by molar-refractivity contribution is -0.122. The van der Waals surface area contributed by atoms with Crippen LogP contribution in [0.25, 0.3) is 0 Å². The SMILES string of the molecule is CN(Cc1ccccc1)C1CC(=O)N(c2ccc(Cl)cc2)C1=O. The first kappa shape index (κ1) is 15.7. The van der Waals surface area contributed by atoms with E-state index in [-0.39, 0.29) is 18.2 Å². The van der Waals surface area contributed by atoms with Crippen LogP contribution in [0, 0.1) is 0 Å². The van der Waals surface area contributed by atoms with Crippen molar-refractivity contribution >= 4 is 29.1 Å². The number of rotatable bonds is 4. The van der Waals surface area contributed by atoms with E-state index in [1.54, 1.807) is 24.3 Å². The van der Waals surface area contributed by atoms with E-state index in [9.17, 15) is 9.59 Å². The molecule has 3 rings (SSSR count). The lowest BCUT2D eigenvalue weighted by Gasteiger charge is -2.23. The number of amides is 2. The first-order valence-corrected chi connectivity index (χ1v) is 7.80. The molecular formula is C18H17ClN2O2. The number of imide groups is 1. The minimum atomic E-state index is -0.432. The molecule has 2 amide bonds. The Kier molecular flexibility index (Phi) is 4.46. The lowest BCUT2D eigenvalue weighted by Crippen LogP contribution is -2.39. The number of likely N-dealkylation sites (N-methyl/N-ethyl adjacent to an activating group) is 1. The number of nitrogens with zero attached hydrogens (tertiary/aromatic N) is 2. The van der Waals surface area contributed by atoms with Crippen LogP contribution in [0.5, 0.6) is 0 Å². The summed E-state index contributed by atoms with van der Waals surface area (Å²) in [5.74, 6) is -0.363. The second kappa shape index (κ2) is 6.52. The van der Waals surface area contributed by atoms with Gasteiger partial charge in [0.15, 0.2) is 0 Å². The minimum absolute atomic E-state index is 0.178. The summed E-state index contributed by atoms with van der Waals surface area (Å²) in [5.41, 5.74) is 1.68. The summed E-state index contributed by atoms with van der Waals surface area (Å²) < 4.78 is 0. The zero-order valence-corrected chi connectivity index (χ0v) is 13.5. The zero-order valence-electron chi connectivity index (χ0n) is 12.8. The van der Waals surface area contributed by atoms with Gasteiger partial charge in [-0.1, -0.05) is 41.9 Å². The first-order valence-electron chi connectivity index (χ1n) is 7.43. The van der Waals surface area contributed by atoms with Gasteiger partial charge in [0.1, 0.15) is 0 Å². The minimum Gasteiger partial charge on any atom is -0.290 e. The summed E-state index contributed by atoms with van der Waals surface area (Å²) in [7, 11) is 1.87. The summed E-state index contributed by atoms with van der Waals surface area (Å²) in [6, 6.07) is 16.2. The summed E-state index contributed by atoms with van der Waals surface area (Å²) in [4.78, 5) is 28.1. The fourth-order valence-electron chi connectivity index (χ4n) is 2.80. The van der Waals surface area contributed by atoms with Crippen LogP contribution in [0.4, 0.5) is 5.69 Å². The van der Waals surface area contributed by atoms with Crippen molar-refractivity contribution in [3.8, 4) is 0 Å². The molecule has 2 aromatic carbocycles. The fourth-order valence-corrected chi connectivity index (χ4v) is 2.93. The quantitative estimate of drug-likeness (QED) is 0.810. The van der Waals surface area contributed by atoms with Crippen LogP contribution < -0.4 is 4.90 Å².